The summed E-state index contributed by atoms with van der Waals surface area (Å²) in [6.45, 7) is 4.56. The molecule has 0 atom stereocenters. The van der Waals surface area contributed by atoms with Gasteiger partial charge in [0.1, 0.15) is 0 Å². The van der Waals surface area contributed by atoms with E-state index in [1.54, 1.807) is 12.0 Å². The summed E-state index contributed by atoms with van der Waals surface area (Å²) in [5.74, 6) is -0.971. The minimum atomic E-state index is -0.907. The highest BCUT2D eigenvalue weighted by Crippen LogP contribution is 2.25. The van der Waals surface area contributed by atoms with Crippen molar-refractivity contribution in [3.63, 3.8) is 0 Å². The number of hydrogen-bond donors (Lipinski definition) is 1. The van der Waals surface area contributed by atoms with E-state index in [-0.39, 0.29) is 18.9 Å². The molecular formula is C16H23NO4. The summed E-state index contributed by atoms with van der Waals surface area (Å²) in [7, 11) is 1.60. The van der Waals surface area contributed by atoms with E-state index < -0.39 is 5.97 Å². The molecular weight excluding hydrogens is 270 g/mol. The minimum Gasteiger partial charge on any atom is -0.481 e. The van der Waals surface area contributed by atoms with Crippen molar-refractivity contribution in [3.8, 4) is 0 Å². The quantitative estimate of drug-likeness (QED) is 0.748. The molecule has 1 rings (SSSR count). The van der Waals surface area contributed by atoms with Gasteiger partial charge in [0.25, 0.3) is 0 Å². The summed E-state index contributed by atoms with van der Waals surface area (Å²) in [5.41, 5.74) is 2.77. The molecule has 0 aliphatic rings. The lowest BCUT2D eigenvalue weighted by molar-refractivity contribution is -0.136. The lowest BCUT2D eigenvalue weighted by Crippen LogP contribution is -2.34. The number of carbonyl (C=O) groups is 2. The summed E-state index contributed by atoms with van der Waals surface area (Å²) in [5, 5.41) is 8.89. The van der Waals surface area contributed by atoms with E-state index in [4.69, 9.17) is 9.84 Å². The average molecular weight is 293 g/mol. The maximum absolute atomic E-state index is 12.4. The van der Waals surface area contributed by atoms with Gasteiger partial charge in [-0.1, -0.05) is 18.2 Å². The first kappa shape index (κ1) is 17.2. The van der Waals surface area contributed by atoms with E-state index >= 15 is 0 Å². The van der Waals surface area contributed by atoms with Crippen molar-refractivity contribution in [2.75, 3.05) is 25.2 Å². The first-order valence-electron chi connectivity index (χ1n) is 7.04. The second-order valence-corrected chi connectivity index (χ2v) is 5.03. The number of carboxylic acids is 1. The second-order valence-electron chi connectivity index (χ2n) is 5.03. The normalized spacial score (nSPS) is 10.4. The van der Waals surface area contributed by atoms with Crippen LogP contribution in [0.5, 0.6) is 0 Å². The van der Waals surface area contributed by atoms with Crippen LogP contribution < -0.4 is 4.90 Å². The number of carboxylic acid groups (broad SMARTS) is 1. The largest absolute Gasteiger partial charge is 0.481 e. The number of methoxy groups -OCH3 is 1. The Morgan fingerprint density at radius 3 is 2.33 bits per heavy atom. The molecule has 0 saturated carbocycles. The van der Waals surface area contributed by atoms with Crippen LogP contribution in [0.15, 0.2) is 18.2 Å². The summed E-state index contributed by atoms with van der Waals surface area (Å²) >= 11 is 0. The molecule has 1 aromatic carbocycles. The van der Waals surface area contributed by atoms with Crippen molar-refractivity contribution >= 4 is 17.6 Å². The zero-order chi connectivity index (χ0) is 15.8. The van der Waals surface area contributed by atoms with E-state index in [2.05, 4.69) is 0 Å². The van der Waals surface area contributed by atoms with E-state index in [9.17, 15) is 9.59 Å². The third-order valence-corrected chi connectivity index (χ3v) is 3.30. The molecule has 0 bridgehead atoms. The highest BCUT2D eigenvalue weighted by Gasteiger charge is 2.19. The number of nitrogens with zero attached hydrogens (tertiary/aromatic N) is 1. The fourth-order valence-electron chi connectivity index (χ4n) is 2.30. The Morgan fingerprint density at radius 1 is 1.19 bits per heavy atom. The van der Waals surface area contributed by atoms with Crippen molar-refractivity contribution in [2.24, 2.45) is 0 Å². The number of amides is 1. The zero-order valence-corrected chi connectivity index (χ0v) is 12.9. The zero-order valence-electron chi connectivity index (χ0n) is 12.9. The molecule has 0 aliphatic carbocycles. The van der Waals surface area contributed by atoms with Gasteiger partial charge >= 0.3 is 5.97 Å². The number of rotatable bonds is 8. The number of aryl methyl sites for hydroxylation is 2. The van der Waals surface area contributed by atoms with Gasteiger partial charge in [-0.3, -0.25) is 9.59 Å². The Bertz CT molecular complexity index is 479. The second kappa shape index (κ2) is 8.42. The van der Waals surface area contributed by atoms with Crippen LogP contribution in [-0.2, 0) is 14.3 Å². The summed E-state index contributed by atoms with van der Waals surface area (Å²) in [4.78, 5) is 24.8. The number of carbonyl (C=O) groups excluding carboxylic acids is 1. The monoisotopic (exact) mass is 293 g/mol. The number of anilines is 1. The summed E-state index contributed by atoms with van der Waals surface area (Å²) in [6.07, 6.45) is 0.912. The first-order chi connectivity index (χ1) is 9.97. The van der Waals surface area contributed by atoms with Crippen LogP contribution in [0.3, 0.4) is 0 Å². The van der Waals surface area contributed by atoms with Crippen LogP contribution in [0.4, 0.5) is 5.69 Å². The van der Waals surface area contributed by atoms with Crippen molar-refractivity contribution < 1.29 is 19.4 Å². The molecule has 21 heavy (non-hydrogen) atoms. The molecule has 1 N–H and O–H groups in total. The highest BCUT2D eigenvalue weighted by molar-refractivity contribution is 5.95. The van der Waals surface area contributed by atoms with Gasteiger partial charge in [0, 0.05) is 32.4 Å². The molecule has 0 saturated heterocycles. The van der Waals surface area contributed by atoms with Crippen LogP contribution in [0.1, 0.15) is 30.4 Å². The van der Waals surface area contributed by atoms with Gasteiger partial charge in [-0.05, 0) is 31.4 Å². The summed E-state index contributed by atoms with van der Waals surface area (Å²) in [6, 6.07) is 5.79. The van der Waals surface area contributed by atoms with E-state index in [0.29, 0.717) is 19.4 Å². The molecule has 0 aliphatic heterocycles. The molecule has 0 spiro atoms. The van der Waals surface area contributed by atoms with Crippen LogP contribution in [0.2, 0.25) is 0 Å². The molecule has 1 aromatic rings. The molecule has 5 nitrogen and oxygen atoms in total. The Hall–Kier alpha value is -1.88. The Kier molecular flexibility index (Phi) is 6.88. The third-order valence-electron chi connectivity index (χ3n) is 3.30. The van der Waals surface area contributed by atoms with E-state index in [0.717, 1.165) is 16.8 Å². The van der Waals surface area contributed by atoms with Crippen LogP contribution >= 0.6 is 0 Å². The molecule has 0 unspecified atom stereocenters. The standard InChI is InChI=1S/C16H23NO4/c1-12-6-4-7-13(2)16(12)17(10-9-15(19)20)14(18)8-5-11-21-3/h4,6-7H,5,8-11H2,1-3H3,(H,19,20). The predicted molar refractivity (Wildman–Crippen MR) is 81.6 cm³/mol. The fourth-order valence-corrected chi connectivity index (χ4v) is 2.30. The number of aliphatic carboxylic acids is 1. The lowest BCUT2D eigenvalue weighted by Gasteiger charge is -2.26. The Morgan fingerprint density at radius 2 is 1.81 bits per heavy atom. The molecule has 1 amide bonds. The van der Waals surface area contributed by atoms with Crippen molar-refractivity contribution in [1.29, 1.82) is 0 Å². The Balaban J connectivity index is 2.95. The van der Waals surface area contributed by atoms with Gasteiger partial charge in [-0.25, -0.2) is 0 Å². The maximum Gasteiger partial charge on any atom is 0.305 e. The Labute approximate surface area is 125 Å². The topological polar surface area (TPSA) is 66.8 Å². The summed E-state index contributed by atoms with van der Waals surface area (Å²) < 4.78 is 4.96. The van der Waals surface area contributed by atoms with Crippen LogP contribution in [-0.4, -0.2) is 37.2 Å². The smallest absolute Gasteiger partial charge is 0.305 e. The third kappa shape index (κ3) is 5.19. The van der Waals surface area contributed by atoms with Crippen LogP contribution in [0, 0.1) is 13.8 Å². The lowest BCUT2D eigenvalue weighted by atomic mass is 10.1. The first-order valence-corrected chi connectivity index (χ1v) is 7.04. The SMILES string of the molecule is COCCCC(=O)N(CCC(=O)O)c1c(C)cccc1C. The number of para-hydroxylation sites is 1. The fraction of sp³-hybridized carbons (Fsp3) is 0.500. The minimum absolute atomic E-state index is 0.0642. The van der Waals surface area contributed by atoms with Crippen molar-refractivity contribution in [1.82, 2.24) is 0 Å². The number of hydrogen-bond acceptors (Lipinski definition) is 3. The van der Waals surface area contributed by atoms with Crippen molar-refractivity contribution in [3.05, 3.63) is 29.3 Å². The highest BCUT2D eigenvalue weighted by atomic mass is 16.5. The van der Waals surface area contributed by atoms with Gasteiger partial charge in [-0.2, -0.15) is 0 Å². The van der Waals surface area contributed by atoms with Gasteiger partial charge in [-0.15, -0.1) is 0 Å². The van der Waals surface area contributed by atoms with Gasteiger partial charge in [0.2, 0.25) is 5.91 Å². The molecule has 0 aromatic heterocycles. The van der Waals surface area contributed by atoms with E-state index in [1.807, 2.05) is 32.0 Å². The molecule has 0 radical (unpaired) electrons. The molecule has 0 fully saturated rings. The van der Waals surface area contributed by atoms with Crippen molar-refractivity contribution in [2.45, 2.75) is 33.1 Å². The predicted octanol–water partition coefficient (Wildman–Crippen LogP) is 2.54. The molecule has 0 heterocycles. The average Bonchev–Trinajstić information content (AvgIpc) is 2.41. The molecule has 116 valence electrons. The van der Waals surface area contributed by atoms with Gasteiger partial charge < -0.3 is 14.7 Å². The van der Waals surface area contributed by atoms with Gasteiger partial charge in [0.15, 0.2) is 0 Å². The molecule has 5 heteroatoms. The van der Waals surface area contributed by atoms with Crippen LogP contribution in [0.25, 0.3) is 0 Å². The van der Waals surface area contributed by atoms with Gasteiger partial charge in [0.05, 0.1) is 6.42 Å². The number of ether oxygens (including phenoxy) is 1. The number of benzene rings is 1. The maximum atomic E-state index is 12.4. The van der Waals surface area contributed by atoms with E-state index in [1.165, 1.54) is 0 Å².